The van der Waals surface area contributed by atoms with Crippen LogP contribution < -0.4 is 10.4 Å². The van der Waals surface area contributed by atoms with Crippen molar-refractivity contribution in [2.45, 2.75) is 20.0 Å². The Labute approximate surface area is 129 Å². The van der Waals surface area contributed by atoms with Crippen molar-refractivity contribution in [2.24, 2.45) is 0 Å². The Balaban J connectivity index is 3.20. The first-order valence-electron chi connectivity index (χ1n) is 6.51. The smallest absolute Gasteiger partial charge is 0.433 e. The van der Waals surface area contributed by atoms with E-state index in [1.165, 1.54) is 13.8 Å². The molecule has 0 bridgehead atoms. The number of nitrogens with one attached hydrogen (secondary N) is 1. The molecule has 0 fully saturated rings. The number of hydrogen-bond acceptors (Lipinski definition) is 5. The molecule has 10 heteroatoms. The number of anilines is 1. The zero-order valence-electron chi connectivity index (χ0n) is 12.3. The molecule has 0 aromatic heterocycles. The van der Waals surface area contributed by atoms with Gasteiger partial charge in [-0.05, 0) is 32.0 Å². The van der Waals surface area contributed by atoms with Crippen LogP contribution >= 0.6 is 0 Å². The van der Waals surface area contributed by atoms with Gasteiger partial charge in [-0.3, -0.25) is 0 Å². The van der Waals surface area contributed by atoms with Gasteiger partial charge in [0.15, 0.2) is 0 Å². The van der Waals surface area contributed by atoms with Gasteiger partial charge in [0.05, 0.1) is 24.5 Å². The lowest BCUT2D eigenvalue weighted by atomic mass is 10.1. The van der Waals surface area contributed by atoms with Crippen LogP contribution in [0, 0.1) is 0 Å². The molecule has 0 saturated heterocycles. The Morgan fingerprint density at radius 3 is 2.35 bits per heavy atom. The number of ether oxygens (including phenoxy) is 2. The predicted octanol–water partition coefficient (Wildman–Crippen LogP) is 3.04. The van der Waals surface area contributed by atoms with Crippen LogP contribution in [-0.2, 0) is 15.7 Å². The van der Waals surface area contributed by atoms with Gasteiger partial charge >= 0.3 is 18.4 Å². The summed E-state index contributed by atoms with van der Waals surface area (Å²) in [5.41, 5.74) is 0.240. The van der Waals surface area contributed by atoms with Crippen LogP contribution in [-0.4, -0.2) is 30.5 Å². The van der Waals surface area contributed by atoms with Crippen molar-refractivity contribution in [3.8, 4) is 5.75 Å². The van der Waals surface area contributed by atoms with Crippen LogP contribution in [0.25, 0.3) is 0 Å². The van der Waals surface area contributed by atoms with E-state index in [4.69, 9.17) is 0 Å². The first kappa shape index (κ1) is 18.4. The van der Waals surface area contributed by atoms with Gasteiger partial charge in [0.2, 0.25) is 0 Å². The van der Waals surface area contributed by atoms with Crippen LogP contribution in [0.5, 0.6) is 5.75 Å². The van der Waals surface area contributed by atoms with E-state index in [0.29, 0.717) is 11.1 Å². The van der Waals surface area contributed by atoms with Gasteiger partial charge in [0, 0.05) is 0 Å². The summed E-state index contributed by atoms with van der Waals surface area (Å²) in [6, 6.07) is 2.25. The lowest BCUT2D eigenvalue weighted by Gasteiger charge is -2.23. The van der Waals surface area contributed by atoms with E-state index in [9.17, 15) is 27.9 Å². The number of carbonyl (C=O) groups excluding carboxylic acids is 2. The third-order valence-corrected chi connectivity index (χ3v) is 2.47. The van der Waals surface area contributed by atoms with Crippen molar-refractivity contribution in [1.29, 1.82) is 0 Å². The molecule has 0 saturated carbocycles. The second-order valence-corrected chi connectivity index (χ2v) is 4.07. The van der Waals surface area contributed by atoms with Gasteiger partial charge in [-0.2, -0.15) is 18.2 Å². The Hall–Kier alpha value is -2.65. The Bertz CT molecular complexity index is 577. The third kappa shape index (κ3) is 4.94. The molecule has 0 spiro atoms. The zero-order valence-corrected chi connectivity index (χ0v) is 12.3. The van der Waals surface area contributed by atoms with E-state index in [2.05, 4.69) is 9.47 Å². The van der Waals surface area contributed by atoms with Crippen LogP contribution in [0.4, 0.5) is 28.4 Å². The average Bonchev–Trinajstić information content (AvgIpc) is 2.45. The number of rotatable bonds is 3. The van der Waals surface area contributed by atoms with E-state index in [0.717, 1.165) is 12.1 Å². The molecule has 1 aromatic rings. The molecule has 0 aliphatic rings. The number of nitrogens with zero attached hydrogens (tertiary/aromatic N) is 1. The highest BCUT2D eigenvalue weighted by atomic mass is 19.4. The van der Waals surface area contributed by atoms with Gasteiger partial charge in [0.25, 0.3) is 0 Å². The van der Waals surface area contributed by atoms with Crippen LogP contribution in [0.2, 0.25) is 0 Å². The van der Waals surface area contributed by atoms with E-state index in [1.54, 1.807) is 0 Å². The number of halogens is 3. The van der Waals surface area contributed by atoms with E-state index in [1.807, 2.05) is 5.43 Å². The number of hydrogen-bond donors (Lipinski definition) is 2. The second kappa shape index (κ2) is 7.56. The summed E-state index contributed by atoms with van der Waals surface area (Å²) < 4.78 is 47.7. The quantitative estimate of drug-likeness (QED) is 0.829. The molecule has 0 unspecified atom stereocenters. The minimum absolute atomic E-state index is 0.00806. The summed E-state index contributed by atoms with van der Waals surface area (Å²) in [6.45, 7) is 2.92. The topological polar surface area (TPSA) is 88.1 Å². The van der Waals surface area contributed by atoms with Crippen LogP contribution in [0.3, 0.4) is 0 Å². The van der Waals surface area contributed by atoms with Crippen molar-refractivity contribution in [2.75, 3.05) is 18.2 Å². The molecule has 1 aromatic carbocycles. The monoisotopic (exact) mass is 336 g/mol. The van der Waals surface area contributed by atoms with Gasteiger partial charge in [-0.25, -0.2) is 15.0 Å². The SMILES string of the molecule is CCOC(=O)NN(C(=O)OCC)c1ccc(O)c(C(F)(F)F)c1. The normalized spacial score (nSPS) is 10.8. The molecule has 2 amide bonds. The largest absolute Gasteiger partial charge is 0.507 e. The maximum atomic E-state index is 12.8. The van der Waals surface area contributed by atoms with Gasteiger partial charge in [-0.15, -0.1) is 0 Å². The molecular formula is C13H15F3N2O5. The molecule has 0 heterocycles. The summed E-state index contributed by atoms with van der Waals surface area (Å²) >= 11 is 0. The van der Waals surface area contributed by atoms with E-state index in [-0.39, 0.29) is 18.9 Å². The van der Waals surface area contributed by atoms with Crippen molar-refractivity contribution in [3.63, 3.8) is 0 Å². The maximum Gasteiger partial charge on any atom is 0.433 e. The Morgan fingerprint density at radius 2 is 1.83 bits per heavy atom. The summed E-state index contributed by atoms with van der Waals surface area (Å²) in [6.07, 6.45) is -7.01. The van der Waals surface area contributed by atoms with Gasteiger partial charge in [-0.1, -0.05) is 0 Å². The molecular weight excluding hydrogens is 321 g/mol. The summed E-state index contributed by atoms with van der Waals surface area (Å²) in [5.74, 6) is -1.01. The van der Waals surface area contributed by atoms with Crippen LogP contribution in [0.1, 0.15) is 19.4 Å². The Kier molecular flexibility index (Phi) is 6.05. The minimum Gasteiger partial charge on any atom is -0.507 e. The maximum absolute atomic E-state index is 12.8. The molecule has 0 radical (unpaired) electrons. The lowest BCUT2D eigenvalue weighted by molar-refractivity contribution is -0.138. The standard InChI is InChI=1S/C13H15F3N2O5/c1-3-22-11(20)17-18(12(21)23-4-2)8-5-6-10(19)9(7-8)13(14,15)16/h5-7,19H,3-4H2,1-2H3,(H,17,20). The number of phenolic OH excluding ortho intramolecular Hbond substituents is 1. The number of carbonyl (C=O) groups is 2. The first-order chi connectivity index (χ1) is 10.7. The van der Waals surface area contributed by atoms with E-state index >= 15 is 0 Å². The van der Waals surface area contributed by atoms with Crippen LogP contribution in [0.15, 0.2) is 18.2 Å². The Morgan fingerprint density at radius 1 is 1.22 bits per heavy atom. The molecule has 23 heavy (non-hydrogen) atoms. The molecule has 128 valence electrons. The van der Waals surface area contributed by atoms with Gasteiger partial charge < -0.3 is 14.6 Å². The zero-order chi connectivity index (χ0) is 17.6. The molecule has 2 N–H and O–H groups in total. The number of phenols is 1. The highest BCUT2D eigenvalue weighted by Crippen LogP contribution is 2.37. The fraction of sp³-hybridized carbons (Fsp3) is 0.385. The number of hydrazine groups is 1. The minimum atomic E-state index is -4.84. The van der Waals surface area contributed by atoms with Crippen molar-refractivity contribution in [1.82, 2.24) is 5.43 Å². The third-order valence-electron chi connectivity index (χ3n) is 2.47. The van der Waals surface area contributed by atoms with E-state index < -0.39 is 29.7 Å². The van der Waals surface area contributed by atoms with Gasteiger partial charge in [0.1, 0.15) is 5.75 Å². The lowest BCUT2D eigenvalue weighted by Crippen LogP contribution is -2.47. The van der Waals surface area contributed by atoms with Crippen molar-refractivity contribution in [3.05, 3.63) is 23.8 Å². The molecule has 1 rings (SSSR count). The molecule has 7 nitrogen and oxygen atoms in total. The molecule has 0 aliphatic carbocycles. The summed E-state index contributed by atoms with van der Waals surface area (Å²) in [4.78, 5) is 23.2. The fourth-order valence-corrected chi connectivity index (χ4v) is 1.55. The highest BCUT2D eigenvalue weighted by Gasteiger charge is 2.35. The molecule has 0 aliphatic heterocycles. The second-order valence-electron chi connectivity index (χ2n) is 4.07. The highest BCUT2D eigenvalue weighted by molar-refractivity contribution is 5.90. The number of aromatic hydroxyl groups is 1. The summed E-state index contributed by atoms with van der Waals surface area (Å²) in [5, 5.41) is 9.75. The number of amides is 2. The number of benzene rings is 1. The number of alkyl halides is 3. The first-order valence-corrected chi connectivity index (χ1v) is 6.51. The summed E-state index contributed by atoms with van der Waals surface area (Å²) in [7, 11) is 0. The average molecular weight is 336 g/mol. The fourth-order valence-electron chi connectivity index (χ4n) is 1.55. The van der Waals surface area contributed by atoms with Crippen molar-refractivity contribution < 1.29 is 37.3 Å². The molecule has 0 atom stereocenters. The predicted molar refractivity (Wildman–Crippen MR) is 72.8 cm³/mol. The van der Waals surface area contributed by atoms with Crippen molar-refractivity contribution >= 4 is 17.9 Å².